The third kappa shape index (κ3) is 3.36. The van der Waals surface area contributed by atoms with Gasteiger partial charge in [-0.15, -0.1) is 11.3 Å². The quantitative estimate of drug-likeness (QED) is 0.590. The maximum atomic E-state index is 5.08. The van der Waals surface area contributed by atoms with E-state index in [0.29, 0.717) is 0 Å². The SMILES string of the molecule is Nn1cccn1.c1cscn1. The number of nitrogen functional groups attached to an aromatic ring is 1. The van der Waals surface area contributed by atoms with E-state index < -0.39 is 0 Å². The van der Waals surface area contributed by atoms with E-state index in [9.17, 15) is 0 Å². The Morgan fingerprint density at radius 1 is 1.36 bits per heavy atom. The van der Waals surface area contributed by atoms with E-state index in [0.717, 1.165) is 0 Å². The lowest BCUT2D eigenvalue weighted by Crippen LogP contribution is -2.06. The monoisotopic (exact) mass is 168 g/mol. The minimum Gasteiger partial charge on any atom is -0.323 e. The molecule has 58 valence electrons. The lowest BCUT2D eigenvalue weighted by Gasteiger charge is -1.78. The van der Waals surface area contributed by atoms with E-state index in [4.69, 9.17) is 5.84 Å². The Morgan fingerprint density at radius 3 is 2.45 bits per heavy atom. The van der Waals surface area contributed by atoms with Crippen LogP contribution in [0.4, 0.5) is 0 Å². The van der Waals surface area contributed by atoms with Gasteiger partial charge in [-0.1, -0.05) is 0 Å². The van der Waals surface area contributed by atoms with Crippen LogP contribution in [0.25, 0.3) is 0 Å². The van der Waals surface area contributed by atoms with Crippen LogP contribution in [0.5, 0.6) is 0 Å². The summed E-state index contributed by atoms with van der Waals surface area (Å²) in [6, 6.07) is 1.76. The summed E-state index contributed by atoms with van der Waals surface area (Å²) in [4.78, 5) is 4.99. The third-order valence-corrected chi connectivity index (χ3v) is 1.39. The number of nitrogens with zero attached hydrogens (tertiary/aromatic N) is 3. The van der Waals surface area contributed by atoms with Crippen LogP contribution >= 0.6 is 11.3 Å². The van der Waals surface area contributed by atoms with Gasteiger partial charge in [0.1, 0.15) is 0 Å². The van der Waals surface area contributed by atoms with Gasteiger partial charge in [0.25, 0.3) is 0 Å². The first-order chi connectivity index (χ1) is 5.39. The highest BCUT2D eigenvalue weighted by Crippen LogP contribution is 1.85. The Bertz CT molecular complexity index is 233. The highest BCUT2D eigenvalue weighted by Gasteiger charge is 1.69. The number of thiazole rings is 1. The van der Waals surface area contributed by atoms with Crippen LogP contribution in [0.1, 0.15) is 0 Å². The largest absolute Gasteiger partial charge is 0.323 e. The molecule has 4 nitrogen and oxygen atoms in total. The van der Waals surface area contributed by atoms with Crippen LogP contribution in [0.15, 0.2) is 35.5 Å². The normalized spacial score (nSPS) is 8.36. The second kappa shape index (κ2) is 4.45. The molecule has 11 heavy (non-hydrogen) atoms. The lowest BCUT2D eigenvalue weighted by molar-refractivity contribution is 0.832. The molecule has 0 amide bonds. The molecule has 0 aliphatic rings. The molecule has 0 saturated carbocycles. The smallest absolute Gasteiger partial charge is 0.0791 e. The molecule has 0 radical (unpaired) electrons. The van der Waals surface area contributed by atoms with Crippen molar-refractivity contribution in [2.24, 2.45) is 0 Å². The van der Waals surface area contributed by atoms with Gasteiger partial charge in [0, 0.05) is 17.8 Å². The van der Waals surface area contributed by atoms with Crippen molar-refractivity contribution < 1.29 is 0 Å². The summed E-state index contributed by atoms with van der Waals surface area (Å²) >= 11 is 1.60. The van der Waals surface area contributed by atoms with Gasteiger partial charge in [-0.2, -0.15) is 9.89 Å². The Kier molecular flexibility index (Phi) is 3.14. The predicted molar refractivity (Wildman–Crippen MR) is 44.5 cm³/mol. The molecule has 2 rings (SSSR count). The Morgan fingerprint density at radius 2 is 2.27 bits per heavy atom. The maximum absolute atomic E-state index is 5.08. The Labute approximate surface area is 68.3 Å². The van der Waals surface area contributed by atoms with Crippen molar-refractivity contribution >= 4 is 11.3 Å². The van der Waals surface area contributed by atoms with Crippen LogP contribution in [-0.4, -0.2) is 14.9 Å². The van der Waals surface area contributed by atoms with E-state index in [1.165, 1.54) is 4.79 Å². The van der Waals surface area contributed by atoms with Crippen LogP contribution in [0, 0.1) is 0 Å². The second-order valence-corrected chi connectivity index (χ2v) is 2.42. The van der Waals surface area contributed by atoms with Crippen molar-refractivity contribution in [3.63, 3.8) is 0 Å². The highest BCUT2D eigenvalue weighted by atomic mass is 32.1. The van der Waals surface area contributed by atoms with Crippen molar-refractivity contribution in [3.8, 4) is 0 Å². The summed E-state index contributed by atoms with van der Waals surface area (Å²) in [5, 5.41) is 5.54. The summed E-state index contributed by atoms with van der Waals surface area (Å²) in [6.07, 6.45) is 5.06. The van der Waals surface area contributed by atoms with Gasteiger partial charge in [-0.3, -0.25) is 4.98 Å². The standard InChI is InChI=1S/C3H5N3.C3H3NS/c4-6-3-1-2-5-6;1-2-5-3-4-1/h1-3H,4H2;1-3H. The lowest BCUT2D eigenvalue weighted by atomic mass is 10.8. The maximum Gasteiger partial charge on any atom is 0.0791 e. The molecule has 0 atom stereocenters. The van der Waals surface area contributed by atoms with Gasteiger partial charge < -0.3 is 5.84 Å². The molecule has 0 saturated heterocycles. The van der Waals surface area contributed by atoms with Gasteiger partial charge in [-0.25, -0.2) is 0 Å². The van der Waals surface area contributed by atoms with Gasteiger partial charge >= 0.3 is 0 Å². The zero-order valence-corrected chi connectivity index (χ0v) is 6.61. The summed E-state index contributed by atoms with van der Waals surface area (Å²) in [5.74, 6) is 5.08. The van der Waals surface area contributed by atoms with Crippen LogP contribution in [-0.2, 0) is 0 Å². The zero-order valence-electron chi connectivity index (χ0n) is 5.79. The summed E-state index contributed by atoms with van der Waals surface area (Å²) in [6.45, 7) is 0. The average Bonchev–Trinajstić information content (AvgIpc) is 2.57. The fourth-order valence-electron chi connectivity index (χ4n) is 0.456. The van der Waals surface area contributed by atoms with Crippen molar-refractivity contribution in [3.05, 3.63) is 35.5 Å². The average molecular weight is 168 g/mol. The molecule has 0 spiro atoms. The van der Waals surface area contributed by atoms with Gasteiger partial charge in [0.2, 0.25) is 0 Å². The van der Waals surface area contributed by atoms with Crippen molar-refractivity contribution in [1.29, 1.82) is 0 Å². The topological polar surface area (TPSA) is 56.7 Å². The predicted octanol–water partition coefficient (Wildman–Crippen LogP) is 0.740. The first kappa shape index (κ1) is 7.74. The van der Waals surface area contributed by atoms with Gasteiger partial charge in [0.05, 0.1) is 11.7 Å². The first-order valence-electron chi connectivity index (χ1n) is 2.96. The summed E-state index contributed by atoms with van der Waals surface area (Å²) in [5.41, 5.74) is 1.79. The number of hydrogen-bond donors (Lipinski definition) is 1. The van der Waals surface area contributed by atoms with E-state index in [1.807, 2.05) is 5.38 Å². The molecule has 0 aliphatic heterocycles. The van der Waals surface area contributed by atoms with E-state index in [-0.39, 0.29) is 0 Å². The minimum atomic E-state index is 1.25. The molecule has 0 aromatic carbocycles. The Balaban J connectivity index is 0.000000112. The summed E-state index contributed by atoms with van der Waals surface area (Å²) in [7, 11) is 0. The fourth-order valence-corrected chi connectivity index (χ4v) is 0.808. The molecule has 0 fully saturated rings. The minimum absolute atomic E-state index is 1.25. The molecule has 0 unspecified atom stereocenters. The van der Waals surface area contributed by atoms with Crippen molar-refractivity contribution in [1.82, 2.24) is 14.9 Å². The molecule has 0 bridgehead atoms. The van der Waals surface area contributed by atoms with Gasteiger partial charge in [0.15, 0.2) is 0 Å². The zero-order chi connectivity index (χ0) is 7.94. The van der Waals surface area contributed by atoms with E-state index in [2.05, 4.69) is 10.1 Å². The van der Waals surface area contributed by atoms with E-state index >= 15 is 0 Å². The summed E-state index contributed by atoms with van der Waals surface area (Å²) < 4.78 is 0. The van der Waals surface area contributed by atoms with Crippen molar-refractivity contribution in [2.45, 2.75) is 0 Å². The molecular formula is C6H8N4S. The van der Waals surface area contributed by atoms with Crippen LogP contribution in [0.3, 0.4) is 0 Å². The third-order valence-electron chi connectivity index (χ3n) is 0.872. The number of nitrogens with two attached hydrogens (primary N) is 1. The molecule has 0 aliphatic carbocycles. The molecule has 2 heterocycles. The van der Waals surface area contributed by atoms with Crippen LogP contribution < -0.4 is 5.84 Å². The fraction of sp³-hybridized carbons (Fsp3) is 0. The highest BCUT2D eigenvalue weighted by molar-refractivity contribution is 7.07. The molecule has 2 N–H and O–H groups in total. The first-order valence-corrected chi connectivity index (χ1v) is 3.91. The number of aromatic nitrogens is 3. The van der Waals surface area contributed by atoms with E-state index in [1.54, 1.807) is 41.5 Å². The number of hydrogen-bond acceptors (Lipinski definition) is 4. The second-order valence-electron chi connectivity index (χ2n) is 1.66. The molecule has 5 heteroatoms. The molecular weight excluding hydrogens is 160 g/mol. The number of rotatable bonds is 0. The molecule has 2 aromatic rings. The van der Waals surface area contributed by atoms with Crippen LogP contribution in [0.2, 0.25) is 0 Å². The van der Waals surface area contributed by atoms with Gasteiger partial charge in [-0.05, 0) is 6.07 Å². The Hall–Kier alpha value is -1.36. The van der Waals surface area contributed by atoms with Crippen molar-refractivity contribution in [2.75, 3.05) is 5.84 Å². The molecule has 2 aromatic heterocycles.